The quantitative estimate of drug-likeness (QED) is 0.0267. The molecule has 0 aromatic heterocycles. The minimum Gasteiger partial charge on any atom is -0.480 e. The molecule has 25 nitrogen and oxygen atoms in total. The number of carboxylic acid groups (broad SMARTS) is 1. The highest BCUT2D eigenvalue weighted by Gasteiger charge is 2.75. The van der Waals surface area contributed by atoms with Crippen LogP contribution in [0, 0.1) is 34.5 Å². The zero-order chi connectivity index (χ0) is 62.7. The van der Waals surface area contributed by atoms with Crippen LogP contribution in [0.25, 0.3) is 0 Å². The second-order valence-corrected chi connectivity index (χ2v) is 23.2. The maximum Gasteiger partial charge on any atom is 0.409 e. The second kappa shape index (κ2) is 31.8. The van der Waals surface area contributed by atoms with E-state index in [1.54, 1.807) is 53.7 Å². The van der Waals surface area contributed by atoms with Crippen molar-refractivity contribution in [3.63, 3.8) is 0 Å². The number of nitrogens with one attached hydrogen (secondary N) is 4. The number of ether oxygens (including phenoxy) is 5. The molecule has 4 aliphatic rings. The average molecular weight is 1200 g/mol. The van der Waals surface area contributed by atoms with Gasteiger partial charge in [0.15, 0.2) is 18.1 Å². The molecule has 3 saturated carbocycles. The molecular weight excluding hydrogens is 1110 g/mol. The number of alkyl halides is 1. The van der Waals surface area contributed by atoms with E-state index < -0.39 is 118 Å². The summed E-state index contributed by atoms with van der Waals surface area (Å²) in [6.07, 6.45) is 2.98. The zero-order valence-electron chi connectivity index (χ0n) is 50.0. The number of primary amides is 1. The smallest absolute Gasteiger partial charge is 0.409 e. The molecule has 0 radical (unpaired) electrons. The third kappa shape index (κ3) is 17.6. The van der Waals surface area contributed by atoms with Gasteiger partial charge in [0, 0.05) is 49.9 Å². The van der Waals surface area contributed by atoms with Crippen molar-refractivity contribution in [2.45, 2.75) is 128 Å². The fraction of sp³-hybridized carbons (Fsp3) is 0.678. The number of ketones is 2. The first kappa shape index (κ1) is 69.4. The van der Waals surface area contributed by atoms with Crippen molar-refractivity contribution < 1.29 is 86.6 Å². The number of rotatable bonds is 35. The normalized spacial score (nSPS) is 26.1. The number of carbonyl (C=O) groups is 8. The molecule has 0 heterocycles. The number of fused-ring (bicyclic) bond motifs is 5. The standard InChI is InChI=1S/C59H89FN8O17/c1-36(2)50(66-49(72)17-22-80-23-24-81-25-26-82-27-28-83-29-30-85-67-38(4)40-12-10-39(11-13-40)32-45(61)53(75)76)52(74)65-46(9-8-19-64-54(62)77)51(73)63-20-21-68(7)55(78)84-35-48(71)59(79)37(3)31-44-43-15-14-41-33-42(69)16-18-56(41,5)58(43,60)47(70)34-57(44,59)6/h10-13,16,18,33,36-37,43-47,50,70,79H,8-9,14-15,17,19-32,34-35,61H2,1-7H3,(H,63,73)(H,65,74)(H,66,72)(H,75,76)(H3,62,64,77)/b67-38+/t37-,43?,44+,45+,46+,47+,50+,56+,57+,58+,59+/m1/s1. The number of carbonyl (C=O) groups excluding carboxylic acids is 7. The number of hydrogen-bond acceptors (Lipinski definition) is 18. The van der Waals surface area contributed by atoms with E-state index in [1.807, 2.05) is 12.1 Å². The minimum absolute atomic E-state index is 0.0386. The number of nitrogens with zero attached hydrogens (tertiary/aromatic N) is 2. The Bertz CT molecular complexity index is 2590. The molecule has 0 spiro atoms. The summed E-state index contributed by atoms with van der Waals surface area (Å²) < 4.78 is 45.1. The van der Waals surface area contributed by atoms with Gasteiger partial charge >= 0.3 is 18.1 Å². The number of urea groups is 1. The predicted octanol–water partition coefficient (Wildman–Crippen LogP) is 2.01. The van der Waals surface area contributed by atoms with Gasteiger partial charge in [0.05, 0.1) is 64.7 Å². The molecule has 5 rings (SSSR count). The Balaban J connectivity index is 0.966. The van der Waals surface area contributed by atoms with Crippen LogP contribution < -0.4 is 32.7 Å². The Morgan fingerprint density at radius 1 is 0.882 bits per heavy atom. The Kier molecular flexibility index (Phi) is 26.0. The SMILES string of the molecule is C/C(=N\OCCOCCOCCOCCOCCC(=O)N[C@H](C(=O)N[C@@H](CCCNC(N)=O)C(=O)NCCN(C)C(=O)OCC(=O)[C@@]1(O)[C@H](C)C[C@H]2C3CCC4=CC(=O)C=C[C@]4(C)[C@@]3(F)[C@@H](O)C[C@@]21C)C(C)C)c1ccc(C[C@H](N)C(=O)O)cc1. The van der Waals surface area contributed by atoms with E-state index in [2.05, 4.69) is 26.4 Å². The predicted molar refractivity (Wildman–Crippen MR) is 307 cm³/mol. The summed E-state index contributed by atoms with van der Waals surface area (Å²) in [5.74, 6) is -6.16. The fourth-order valence-corrected chi connectivity index (χ4v) is 12.3. The van der Waals surface area contributed by atoms with Crippen molar-refractivity contribution in [2.75, 3.05) is 92.8 Å². The molecule has 3 fully saturated rings. The van der Waals surface area contributed by atoms with E-state index in [1.165, 1.54) is 25.3 Å². The van der Waals surface area contributed by atoms with Crippen LogP contribution in [-0.2, 0) is 63.7 Å². The highest BCUT2D eigenvalue weighted by Crippen LogP contribution is 2.70. The van der Waals surface area contributed by atoms with Crippen molar-refractivity contribution in [3.05, 3.63) is 59.2 Å². The van der Waals surface area contributed by atoms with Gasteiger partial charge in [-0.15, -0.1) is 0 Å². The molecule has 474 valence electrons. The average Bonchev–Trinajstić information content (AvgIpc) is 1.68. The summed E-state index contributed by atoms with van der Waals surface area (Å²) in [4.78, 5) is 108. The molecule has 6 amide bonds. The highest BCUT2D eigenvalue weighted by atomic mass is 19.1. The summed E-state index contributed by atoms with van der Waals surface area (Å²) in [6, 6.07) is 3.31. The number of hydrogen-bond donors (Lipinski definition) is 9. The van der Waals surface area contributed by atoms with E-state index in [0.29, 0.717) is 57.2 Å². The molecule has 0 saturated heterocycles. The van der Waals surface area contributed by atoms with Gasteiger partial charge in [-0.25, -0.2) is 14.0 Å². The monoisotopic (exact) mass is 1200 g/mol. The van der Waals surface area contributed by atoms with Crippen LogP contribution >= 0.6 is 0 Å². The van der Waals surface area contributed by atoms with E-state index in [0.717, 1.165) is 16.0 Å². The molecule has 11 atom stereocenters. The van der Waals surface area contributed by atoms with Crippen LogP contribution in [-0.4, -0.2) is 202 Å². The van der Waals surface area contributed by atoms with Crippen LogP contribution in [0.4, 0.5) is 14.0 Å². The lowest BCUT2D eigenvalue weighted by atomic mass is 9.44. The molecule has 85 heavy (non-hydrogen) atoms. The summed E-state index contributed by atoms with van der Waals surface area (Å²) in [6.45, 7) is 11.6. The van der Waals surface area contributed by atoms with E-state index >= 15 is 4.39 Å². The van der Waals surface area contributed by atoms with Crippen LogP contribution in [0.1, 0.15) is 97.6 Å². The number of oxime groups is 1. The summed E-state index contributed by atoms with van der Waals surface area (Å²) in [5, 5.41) is 47.6. The van der Waals surface area contributed by atoms with Crippen molar-refractivity contribution in [3.8, 4) is 0 Å². The maximum absolute atomic E-state index is 17.6. The van der Waals surface area contributed by atoms with Crippen LogP contribution in [0.3, 0.4) is 0 Å². The number of carboxylic acids is 1. The molecule has 1 aromatic carbocycles. The number of amides is 6. The second-order valence-electron chi connectivity index (χ2n) is 23.2. The number of likely N-dealkylation sites (N-methyl/N-ethyl adjacent to an activating group) is 1. The molecule has 11 N–H and O–H groups in total. The lowest BCUT2D eigenvalue weighted by Crippen LogP contribution is -2.69. The number of Topliss-reactive ketones (excluding diaryl/α,β-unsaturated/α-hetero) is 1. The van der Waals surface area contributed by atoms with Gasteiger partial charge in [-0.3, -0.25) is 28.8 Å². The Hall–Kier alpha value is -6.42. The molecule has 26 heteroatoms. The summed E-state index contributed by atoms with van der Waals surface area (Å²) in [5.41, 5.74) is 6.93. The Morgan fingerprint density at radius 3 is 2.12 bits per heavy atom. The number of aliphatic hydroxyl groups excluding tert-OH is 1. The Labute approximate surface area is 495 Å². The van der Waals surface area contributed by atoms with Crippen LogP contribution in [0.5, 0.6) is 0 Å². The number of nitrogens with two attached hydrogens (primary N) is 2. The number of aliphatic hydroxyl groups is 2. The maximum atomic E-state index is 17.6. The summed E-state index contributed by atoms with van der Waals surface area (Å²) >= 11 is 0. The highest BCUT2D eigenvalue weighted by molar-refractivity contribution is 6.01. The third-order valence-electron chi connectivity index (χ3n) is 17.2. The van der Waals surface area contributed by atoms with Crippen molar-refractivity contribution >= 4 is 53.1 Å². The Morgan fingerprint density at radius 2 is 1.51 bits per heavy atom. The molecule has 1 aromatic rings. The molecule has 4 aliphatic carbocycles. The van der Waals surface area contributed by atoms with Gasteiger partial charge in [-0.1, -0.05) is 68.8 Å². The van der Waals surface area contributed by atoms with Gasteiger partial charge in [0.2, 0.25) is 23.5 Å². The van der Waals surface area contributed by atoms with Crippen LogP contribution in [0.2, 0.25) is 0 Å². The van der Waals surface area contributed by atoms with Gasteiger partial charge in [0.1, 0.15) is 30.3 Å². The third-order valence-corrected chi connectivity index (χ3v) is 17.2. The fourth-order valence-electron chi connectivity index (χ4n) is 12.3. The number of halogens is 1. The van der Waals surface area contributed by atoms with Gasteiger partial charge in [0.25, 0.3) is 0 Å². The first-order valence-corrected chi connectivity index (χ1v) is 29.1. The van der Waals surface area contributed by atoms with Gasteiger partial charge < -0.3 is 81.5 Å². The topological polar surface area (TPSA) is 368 Å². The molecular formula is C59H89FN8O17. The summed E-state index contributed by atoms with van der Waals surface area (Å²) in [7, 11) is 1.37. The number of benzene rings is 1. The largest absolute Gasteiger partial charge is 0.480 e. The van der Waals surface area contributed by atoms with E-state index in [-0.39, 0.29) is 90.4 Å². The van der Waals surface area contributed by atoms with Crippen LogP contribution in [0.15, 0.2) is 53.2 Å². The number of allylic oxidation sites excluding steroid dienone is 4. The first-order valence-electron chi connectivity index (χ1n) is 29.1. The van der Waals surface area contributed by atoms with Gasteiger partial charge in [-0.2, -0.15) is 0 Å². The first-order chi connectivity index (χ1) is 40.2. The lowest BCUT2D eigenvalue weighted by molar-refractivity contribution is -0.219. The number of aliphatic carboxylic acids is 1. The van der Waals surface area contributed by atoms with Crippen molar-refractivity contribution in [1.82, 2.24) is 26.2 Å². The van der Waals surface area contributed by atoms with E-state index in [4.69, 9.17) is 45.1 Å². The lowest BCUT2D eigenvalue weighted by Gasteiger charge is -2.62. The molecule has 0 aliphatic heterocycles. The molecule has 0 bridgehead atoms. The van der Waals surface area contributed by atoms with E-state index in [9.17, 15) is 48.6 Å². The zero-order valence-corrected chi connectivity index (χ0v) is 50.0. The van der Waals surface area contributed by atoms with Crippen molar-refractivity contribution in [1.29, 1.82) is 0 Å². The molecule has 1 unspecified atom stereocenters. The minimum atomic E-state index is -2.16. The van der Waals surface area contributed by atoms with Gasteiger partial charge in [-0.05, 0) is 99.8 Å². The van der Waals surface area contributed by atoms with Crippen molar-refractivity contribution in [2.24, 2.45) is 51.1 Å².